The number of hydroxylamine groups is 2. The van der Waals surface area contributed by atoms with Gasteiger partial charge in [0.25, 0.3) is 11.8 Å². The summed E-state index contributed by atoms with van der Waals surface area (Å²) in [7, 11) is -3.93. The third-order valence-corrected chi connectivity index (χ3v) is 12.7. The van der Waals surface area contributed by atoms with E-state index in [4.69, 9.17) is 16.4 Å². The molecule has 0 unspecified atom stereocenters. The first kappa shape index (κ1) is 37.3. The number of carbonyl (C=O) groups is 4. The van der Waals surface area contributed by atoms with Gasteiger partial charge in [0, 0.05) is 23.5 Å². The van der Waals surface area contributed by atoms with Crippen LogP contribution in [-0.2, 0) is 29.2 Å². The fourth-order valence-corrected chi connectivity index (χ4v) is 8.91. The summed E-state index contributed by atoms with van der Waals surface area (Å²) >= 11 is 6.25. The molecule has 3 aliphatic carbocycles. The van der Waals surface area contributed by atoms with Gasteiger partial charge in [0.2, 0.25) is 21.8 Å². The summed E-state index contributed by atoms with van der Waals surface area (Å²) in [6, 6.07) is 18.9. The van der Waals surface area contributed by atoms with Crippen molar-refractivity contribution in [1.82, 2.24) is 20.0 Å². The minimum Gasteiger partial charge on any atom is -0.390 e. The SMILES string of the molecule is C=C[C@@H]1C[C@@]1(NC(=O)[C@@H]1C[C@@H](ON=C2c3ccccc3-c3ccccc32)CN1C(=O)[C@@H](C(C)C)N(O)C(=O)c1ccccc1Cl)C(=O)NS(=O)(=O)C1CC1. The van der Waals surface area contributed by atoms with Gasteiger partial charge in [0.05, 0.1) is 22.4 Å². The fraction of sp³-hybridized carbons (Fsp3) is 0.359. The van der Waals surface area contributed by atoms with Crippen LogP contribution in [0.2, 0.25) is 5.02 Å². The van der Waals surface area contributed by atoms with E-state index in [1.54, 1.807) is 26.0 Å². The molecule has 7 rings (SSSR count). The molecule has 1 heterocycles. The van der Waals surface area contributed by atoms with Crippen molar-refractivity contribution in [2.75, 3.05) is 6.54 Å². The van der Waals surface area contributed by atoms with E-state index in [2.05, 4.69) is 21.8 Å². The molecule has 4 amide bonds. The number of likely N-dealkylation sites (tertiary alicyclic amines) is 1. The Kier molecular flexibility index (Phi) is 9.88. The van der Waals surface area contributed by atoms with Crippen LogP contribution in [0.3, 0.4) is 0 Å². The zero-order valence-corrected chi connectivity index (χ0v) is 31.2. The van der Waals surface area contributed by atoms with Crippen LogP contribution >= 0.6 is 11.6 Å². The second kappa shape index (κ2) is 14.3. The van der Waals surface area contributed by atoms with Crippen molar-refractivity contribution < 1.29 is 37.6 Å². The molecule has 5 atom stereocenters. The number of nitrogens with zero attached hydrogens (tertiary/aromatic N) is 3. The number of hydrogen-bond acceptors (Lipinski definition) is 9. The van der Waals surface area contributed by atoms with E-state index in [1.165, 1.54) is 23.1 Å². The molecule has 54 heavy (non-hydrogen) atoms. The molecule has 4 aliphatic rings. The molecule has 282 valence electrons. The molecule has 3 N–H and O–H groups in total. The van der Waals surface area contributed by atoms with Crippen molar-refractivity contribution >= 4 is 51.0 Å². The number of halogens is 1. The van der Waals surface area contributed by atoms with Crippen LogP contribution in [0.25, 0.3) is 11.1 Å². The van der Waals surface area contributed by atoms with Crippen molar-refractivity contribution in [2.24, 2.45) is 17.0 Å². The molecule has 0 radical (unpaired) electrons. The molecular formula is C39H40ClN5O8S. The summed E-state index contributed by atoms with van der Waals surface area (Å²) in [4.78, 5) is 63.0. The lowest BCUT2D eigenvalue weighted by Crippen LogP contribution is -2.59. The Morgan fingerprint density at radius 2 is 1.59 bits per heavy atom. The van der Waals surface area contributed by atoms with Crippen LogP contribution in [0, 0.1) is 11.8 Å². The number of hydrogen-bond donors (Lipinski definition) is 3. The van der Waals surface area contributed by atoms with E-state index < -0.39 is 74.5 Å². The topological polar surface area (TPSA) is 175 Å². The number of sulfonamides is 1. The number of benzene rings is 3. The average Bonchev–Trinajstić information content (AvgIpc) is 4.06. The molecule has 3 aromatic carbocycles. The first-order chi connectivity index (χ1) is 25.8. The fourth-order valence-electron chi connectivity index (χ4n) is 7.33. The average molecular weight is 774 g/mol. The van der Waals surface area contributed by atoms with Gasteiger partial charge in [-0.1, -0.05) is 97.3 Å². The van der Waals surface area contributed by atoms with Gasteiger partial charge in [-0.05, 0) is 48.4 Å². The lowest BCUT2D eigenvalue weighted by Gasteiger charge is -2.34. The van der Waals surface area contributed by atoms with Gasteiger partial charge in [-0.25, -0.2) is 13.5 Å². The zero-order chi connectivity index (χ0) is 38.5. The molecule has 0 bridgehead atoms. The molecule has 15 heteroatoms. The van der Waals surface area contributed by atoms with Gasteiger partial charge in [0.15, 0.2) is 0 Å². The van der Waals surface area contributed by atoms with Gasteiger partial charge in [0.1, 0.15) is 29.4 Å². The summed E-state index contributed by atoms with van der Waals surface area (Å²) in [6.45, 7) is 6.88. The van der Waals surface area contributed by atoms with E-state index in [0.29, 0.717) is 23.6 Å². The molecule has 0 aromatic heterocycles. The van der Waals surface area contributed by atoms with Crippen molar-refractivity contribution in [1.29, 1.82) is 0 Å². The lowest BCUT2D eigenvalue weighted by atomic mass is 10.0. The van der Waals surface area contributed by atoms with Crippen molar-refractivity contribution in [3.63, 3.8) is 0 Å². The van der Waals surface area contributed by atoms with Crippen LogP contribution in [0.15, 0.2) is 90.6 Å². The largest absolute Gasteiger partial charge is 0.390 e. The van der Waals surface area contributed by atoms with Gasteiger partial charge in [-0.2, -0.15) is 0 Å². The highest BCUT2D eigenvalue weighted by atomic mass is 35.5. The maximum atomic E-state index is 14.5. The van der Waals surface area contributed by atoms with Crippen molar-refractivity contribution in [3.05, 3.63) is 107 Å². The third-order valence-electron chi connectivity index (χ3n) is 10.5. The second-order valence-electron chi connectivity index (χ2n) is 14.5. The molecule has 3 aromatic rings. The summed E-state index contributed by atoms with van der Waals surface area (Å²) < 4.78 is 27.5. The Morgan fingerprint density at radius 3 is 2.15 bits per heavy atom. The first-order valence-electron chi connectivity index (χ1n) is 17.8. The monoisotopic (exact) mass is 773 g/mol. The first-order valence-corrected chi connectivity index (χ1v) is 19.7. The molecule has 13 nitrogen and oxygen atoms in total. The summed E-state index contributed by atoms with van der Waals surface area (Å²) in [5.74, 6) is -4.49. The van der Waals surface area contributed by atoms with Crippen LogP contribution < -0.4 is 10.0 Å². The molecule has 1 aliphatic heterocycles. The lowest BCUT2D eigenvalue weighted by molar-refractivity contribution is -0.159. The summed E-state index contributed by atoms with van der Waals surface area (Å²) in [5.41, 5.74) is 2.62. The molecule has 1 saturated heterocycles. The number of nitrogens with one attached hydrogen (secondary N) is 2. The Morgan fingerprint density at radius 1 is 1.00 bits per heavy atom. The van der Waals surface area contributed by atoms with E-state index in [1.807, 2.05) is 48.5 Å². The number of rotatable bonds is 12. The Balaban J connectivity index is 1.19. The molecule has 2 saturated carbocycles. The number of oxime groups is 1. The zero-order valence-electron chi connectivity index (χ0n) is 29.6. The minimum absolute atomic E-state index is 0.0247. The van der Waals surface area contributed by atoms with Crippen molar-refractivity contribution in [3.8, 4) is 11.1 Å². The number of amides is 4. The van der Waals surface area contributed by atoms with E-state index in [-0.39, 0.29) is 30.0 Å². The highest BCUT2D eigenvalue weighted by Gasteiger charge is 2.62. The predicted octanol–water partition coefficient (Wildman–Crippen LogP) is 4.28. The molecule has 0 spiro atoms. The standard InChI is InChI=1S/C39H40ClN5O8S/c1-4-23-20-39(23,38(49)43-54(51,52)25-17-18-25)41-35(46)32-19-24(53-42-33-28-13-7-5-11-26(28)27-12-6-8-14-29(27)33)21-44(32)37(48)34(22(2)3)45(50)36(47)30-15-9-10-16-31(30)40/h4-16,22-25,32,34,50H,1,17-21H2,2-3H3,(H,41,46)(H,43,49)/t23-,24-,32+,34-,39+/m1/s1. The maximum Gasteiger partial charge on any atom is 0.279 e. The maximum absolute atomic E-state index is 14.5. The summed E-state index contributed by atoms with van der Waals surface area (Å²) in [5, 5.41) is 18.3. The smallest absolute Gasteiger partial charge is 0.279 e. The molecule has 3 fully saturated rings. The Hall–Kier alpha value is -5.05. The Bertz CT molecular complexity index is 2140. The summed E-state index contributed by atoms with van der Waals surface area (Å²) in [6.07, 6.45) is 1.56. The number of fused-ring (bicyclic) bond motifs is 3. The van der Waals surface area contributed by atoms with Crippen LogP contribution in [0.5, 0.6) is 0 Å². The van der Waals surface area contributed by atoms with Crippen LogP contribution in [-0.4, -0.2) is 88.4 Å². The van der Waals surface area contributed by atoms with Gasteiger partial charge < -0.3 is 15.1 Å². The normalized spacial score (nSPS) is 23.2. The quantitative estimate of drug-likeness (QED) is 0.109. The number of carbonyl (C=O) groups excluding carboxylic acids is 4. The van der Waals surface area contributed by atoms with Crippen molar-refractivity contribution in [2.45, 2.75) is 68.5 Å². The van der Waals surface area contributed by atoms with Gasteiger partial charge in [-0.15, -0.1) is 6.58 Å². The third kappa shape index (κ3) is 6.78. The van der Waals surface area contributed by atoms with E-state index in [0.717, 1.165) is 22.3 Å². The van der Waals surface area contributed by atoms with Gasteiger partial charge >= 0.3 is 0 Å². The second-order valence-corrected chi connectivity index (χ2v) is 16.9. The van der Waals surface area contributed by atoms with Gasteiger partial charge in [-0.3, -0.25) is 29.1 Å². The Labute approximate surface area is 318 Å². The van der Waals surface area contributed by atoms with Crippen LogP contribution in [0.1, 0.15) is 61.0 Å². The highest BCUT2D eigenvalue weighted by Crippen LogP contribution is 2.45. The predicted molar refractivity (Wildman–Crippen MR) is 200 cm³/mol. The van der Waals surface area contributed by atoms with E-state index in [9.17, 15) is 32.8 Å². The van der Waals surface area contributed by atoms with Crippen LogP contribution in [0.4, 0.5) is 0 Å². The minimum atomic E-state index is -3.93. The molecular weight excluding hydrogens is 734 g/mol. The highest BCUT2D eigenvalue weighted by molar-refractivity contribution is 7.91. The van der Waals surface area contributed by atoms with E-state index >= 15 is 0 Å².